The first-order valence-electron chi connectivity index (χ1n) is 13.3. The van der Waals surface area contributed by atoms with Crippen LogP contribution in [0.4, 0.5) is 0 Å². The molecule has 0 aromatic heterocycles. The Kier molecular flexibility index (Phi) is 7.79. The summed E-state index contributed by atoms with van der Waals surface area (Å²) in [6.07, 6.45) is 10.4. The van der Waals surface area contributed by atoms with Crippen molar-refractivity contribution in [2.24, 2.45) is 28.6 Å². The fraction of sp³-hybridized carbons (Fsp3) is 0.800. The zero-order valence-electron chi connectivity index (χ0n) is 22.4. The Bertz CT molecular complexity index is 780. The van der Waals surface area contributed by atoms with Crippen LogP contribution in [0, 0.1) is 28.6 Å². The summed E-state index contributed by atoms with van der Waals surface area (Å²) in [6, 6.07) is 0. The van der Waals surface area contributed by atoms with Crippen LogP contribution in [0.15, 0.2) is 34.9 Å². The number of aliphatic hydroxyl groups is 3. The van der Waals surface area contributed by atoms with E-state index in [1.54, 1.807) is 5.57 Å². The van der Waals surface area contributed by atoms with Crippen molar-refractivity contribution in [3.05, 3.63) is 34.9 Å². The van der Waals surface area contributed by atoms with Crippen molar-refractivity contribution >= 4 is 0 Å². The van der Waals surface area contributed by atoms with E-state index in [2.05, 4.69) is 47.3 Å². The van der Waals surface area contributed by atoms with Gasteiger partial charge >= 0.3 is 0 Å². The predicted molar refractivity (Wildman–Crippen MR) is 138 cm³/mol. The molecule has 3 heteroatoms. The van der Waals surface area contributed by atoms with Crippen LogP contribution in [0.25, 0.3) is 0 Å². The SMILES string of the molecule is C=C1[C@H](O)CC(=CC(C)=C2CCC[C@@]3(C)C2CC[C@@H]3[C@H](C)C(C)(C)CCC(C)(C)O)C[C@H]1O. The van der Waals surface area contributed by atoms with Gasteiger partial charge in [-0.15, -0.1) is 0 Å². The molecule has 3 rings (SSSR count). The third-order valence-electron chi connectivity index (χ3n) is 9.90. The molecule has 0 radical (unpaired) electrons. The molecule has 3 fully saturated rings. The number of allylic oxidation sites excluding steroid dienone is 3. The summed E-state index contributed by atoms with van der Waals surface area (Å²) in [5.41, 5.74) is 4.63. The summed E-state index contributed by atoms with van der Waals surface area (Å²) in [4.78, 5) is 0. The molecular formula is C30H50O3. The largest absolute Gasteiger partial charge is 0.390 e. The molecule has 0 spiro atoms. The van der Waals surface area contributed by atoms with E-state index < -0.39 is 17.8 Å². The van der Waals surface area contributed by atoms with E-state index in [9.17, 15) is 15.3 Å². The Balaban J connectivity index is 1.81. The van der Waals surface area contributed by atoms with Gasteiger partial charge < -0.3 is 15.3 Å². The average Bonchev–Trinajstić information content (AvgIpc) is 3.06. The molecule has 0 amide bonds. The summed E-state index contributed by atoms with van der Waals surface area (Å²) >= 11 is 0. The lowest BCUT2D eigenvalue weighted by molar-refractivity contribution is 0.0126. The molecule has 188 valence electrons. The van der Waals surface area contributed by atoms with Crippen LogP contribution < -0.4 is 0 Å². The quantitative estimate of drug-likeness (QED) is 0.387. The minimum absolute atomic E-state index is 0.206. The van der Waals surface area contributed by atoms with Crippen molar-refractivity contribution in [3.8, 4) is 0 Å². The highest BCUT2D eigenvalue weighted by Crippen LogP contribution is 2.62. The molecule has 3 aliphatic rings. The minimum atomic E-state index is -0.628. The van der Waals surface area contributed by atoms with Crippen molar-refractivity contribution in [2.45, 2.75) is 124 Å². The summed E-state index contributed by atoms with van der Waals surface area (Å²) in [7, 11) is 0. The molecule has 0 aliphatic heterocycles. The Hall–Kier alpha value is -0.900. The molecule has 0 saturated heterocycles. The summed E-state index contributed by atoms with van der Waals surface area (Å²) in [5, 5.41) is 30.8. The topological polar surface area (TPSA) is 60.7 Å². The van der Waals surface area contributed by atoms with Crippen molar-refractivity contribution in [1.82, 2.24) is 0 Å². The van der Waals surface area contributed by atoms with E-state index in [4.69, 9.17) is 0 Å². The van der Waals surface area contributed by atoms with Gasteiger partial charge in [-0.1, -0.05) is 57.1 Å². The molecule has 0 bridgehead atoms. The number of rotatable bonds is 6. The molecule has 1 unspecified atom stereocenters. The van der Waals surface area contributed by atoms with Gasteiger partial charge in [0.25, 0.3) is 0 Å². The van der Waals surface area contributed by atoms with E-state index in [-0.39, 0.29) is 5.41 Å². The van der Waals surface area contributed by atoms with E-state index in [1.807, 2.05) is 13.8 Å². The van der Waals surface area contributed by atoms with Crippen molar-refractivity contribution in [2.75, 3.05) is 0 Å². The Morgan fingerprint density at radius 2 is 1.73 bits per heavy atom. The summed E-state index contributed by atoms with van der Waals surface area (Å²) in [5.74, 6) is 1.95. The maximum absolute atomic E-state index is 10.3. The summed E-state index contributed by atoms with van der Waals surface area (Å²) in [6.45, 7) is 19.8. The Morgan fingerprint density at radius 3 is 2.30 bits per heavy atom. The van der Waals surface area contributed by atoms with Gasteiger partial charge in [0.1, 0.15) is 0 Å². The van der Waals surface area contributed by atoms with Gasteiger partial charge in [-0.25, -0.2) is 0 Å². The van der Waals surface area contributed by atoms with E-state index in [0.717, 1.165) is 18.4 Å². The molecule has 0 aromatic rings. The normalized spacial score (nSPS) is 35.9. The van der Waals surface area contributed by atoms with Crippen LogP contribution >= 0.6 is 0 Å². The zero-order valence-corrected chi connectivity index (χ0v) is 22.4. The molecule has 0 heterocycles. The number of aliphatic hydroxyl groups excluding tert-OH is 2. The highest BCUT2D eigenvalue weighted by Gasteiger charge is 2.53. The van der Waals surface area contributed by atoms with E-state index in [1.165, 1.54) is 37.7 Å². The molecule has 6 atom stereocenters. The van der Waals surface area contributed by atoms with Gasteiger partial charge in [0.05, 0.1) is 17.8 Å². The van der Waals surface area contributed by atoms with Crippen molar-refractivity contribution < 1.29 is 15.3 Å². The van der Waals surface area contributed by atoms with Crippen LogP contribution in [-0.2, 0) is 0 Å². The fourth-order valence-corrected chi connectivity index (χ4v) is 7.30. The lowest BCUT2D eigenvalue weighted by Crippen LogP contribution is -2.41. The lowest BCUT2D eigenvalue weighted by Gasteiger charge is -2.48. The van der Waals surface area contributed by atoms with Gasteiger partial charge in [0.15, 0.2) is 0 Å². The Labute approximate surface area is 203 Å². The van der Waals surface area contributed by atoms with Gasteiger partial charge in [-0.05, 0) is 113 Å². The van der Waals surface area contributed by atoms with Crippen LogP contribution in [-0.4, -0.2) is 33.1 Å². The smallest absolute Gasteiger partial charge is 0.0809 e. The highest BCUT2D eigenvalue weighted by molar-refractivity contribution is 5.35. The molecule has 3 N–H and O–H groups in total. The minimum Gasteiger partial charge on any atom is -0.390 e. The first-order chi connectivity index (χ1) is 15.2. The molecule has 3 aliphatic carbocycles. The van der Waals surface area contributed by atoms with Gasteiger partial charge in [-0.2, -0.15) is 0 Å². The summed E-state index contributed by atoms with van der Waals surface area (Å²) < 4.78 is 0. The molecule has 33 heavy (non-hydrogen) atoms. The predicted octanol–water partition coefficient (Wildman–Crippen LogP) is 6.73. The van der Waals surface area contributed by atoms with Crippen LogP contribution in [0.1, 0.15) is 106 Å². The second-order valence-electron chi connectivity index (χ2n) is 13.2. The molecule has 3 saturated carbocycles. The monoisotopic (exact) mass is 458 g/mol. The standard InChI is InChI=1S/C30H50O3/c1-19(16-22-17-26(31)20(2)27(32)18-22)23-10-9-13-30(8)24(11-12-25(23)30)21(3)28(4,5)14-15-29(6,7)33/h16,21,24-27,31-33H,2,9-15,17-18H2,1,3-8H3/t21-,24+,25?,26+,27+,30+/m0/s1. The average molecular weight is 459 g/mol. The van der Waals surface area contributed by atoms with Gasteiger partial charge in [-0.3, -0.25) is 0 Å². The number of hydrogen-bond donors (Lipinski definition) is 3. The molecule has 0 aromatic carbocycles. The maximum Gasteiger partial charge on any atom is 0.0809 e. The van der Waals surface area contributed by atoms with Crippen molar-refractivity contribution in [1.29, 1.82) is 0 Å². The lowest BCUT2D eigenvalue weighted by atomic mass is 9.56. The third kappa shape index (κ3) is 5.68. The van der Waals surface area contributed by atoms with Gasteiger partial charge in [0.2, 0.25) is 0 Å². The Morgan fingerprint density at radius 1 is 1.12 bits per heavy atom. The number of fused-ring (bicyclic) bond motifs is 1. The fourth-order valence-electron chi connectivity index (χ4n) is 7.30. The van der Waals surface area contributed by atoms with Crippen LogP contribution in [0.5, 0.6) is 0 Å². The second-order valence-corrected chi connectivity index (χ2v) is 13.2. The first-order valence-corrected chi connectivity index (χ1v) is 13.3. The second kappa shape index (κ2) is 9.63. The number of hydrogen-bond acceptors (Lipinski definition) is 3. The van der Waals surface area contributed by atoms with E-state index in [0.29, 0.717) is 41.6 Å². The maximum atomic E-state index is 10.3. The molecular weight excluding hydrogens is 408 g/mol. The van der Waals surface area contributed by atoms with Crippen molar-refractivity contribution in [3.63, 3.8) is 0 Å². The third-order valence-corrected chi connectivity index (χ3v) is 9.90. The molecule has 3 nitrogen and oxygen atoms in total. The van der Waals surface area contributed by atoms with Crippen LogP contribution in [0.2, 0.25) is 0 Å². The zero-order chi connectivity index (χ0) is 24.8. The van der Waals surface area contributed by atoms with E-state index >= 15 is 0 Å². The highest BCUT2D eigenvalue weighted by atomic mass is 16.3. The van der Waals surface area contributed by atoms with Crippen LogP contribution in [0.3, 0.4) is 0 Å². The first kappa shape index (κ1) is 26.7. The van der Waals surface area contributed by atoms with Gasteiger partial charge in [0, 0.05) is 0 Å².